The van der Waals surface area contributed by atoms with Crippen molar-refractivity contribution < 1.29 is 4.74 Å². The summed E-state index contributed by atoms with van der Waals surface area (Å²) in [5.41, 5.74) is 1.16. The summed E-state index contributed by atoms with van der Waals surface area (Å²) in [7, 11) is 0. The van der Waals surface area contributed by atoms with E-state index in [0.717, 1.165) is 5.56 Å². The summed E-state index contributed by atoms with van der Waals surface area (Å²) < 4.78 is 5.58. The molecule has 0 aliphatic carbocycles. The number of rotatable bonds is 3. The van der Waals surface area contributed by atoms with Gasteiger partial charge in [0.2, 0.25) is 5.88 Å². The molecule has 21 heavy (non-hydrogen) atoms. The summed E-state index contributed by atoms with van der Waals surface area (Å²) in [5.74, 6) is 0.627. The zero-order valence-electron chi connectivity index (χ0n) is 11.2. The van der Waals surface area contributed by atoms with Gasteiger partial charge >= 0.3 is 0 Å². The molecule has 0 N–H and O–H groups in total. The van der Waals surface area contributed by atoms with Crippen LogP contribution in [0.3, 0.4) is 0 Å². The van der Waals surface area contributed by atoms with Gasteiger partial charge in [0.05, 0.1) is 21.7 Å². The van der Waals surface area contributed by atoms with Gasteiger partial charge in [0, 0.05) is 6.07 Å². The van der Waals surface area contributed by atoms with E-state index in [-0.39, 0.29) is 27.6 Å². The molecule has 0 bridgehead atoms. The molecule has 1 aromatic heterocycles. The topological polar surface area (TPSA) is 58.8 Å². The molecule has 0 aliphatic heterocycles. The molecule has 0 radical (unpaired) electrons. The van der Waals surface area contributed by atoms with Crippen LogP contribution in [0.5, 0.6) is 11.6 Å². The van der Waals surface area contributed by atoms with Crippen LogP contribution in [0.1, 0.15) is 30.9 Å². The van der Waals surface area contributed by atoms with E-state index >= 15 is 0 Å². The van der Waals surface area contributed by atoms with Gasteiger partial charge in [-0.05, 0) is 23.6 Å². The van der Waals surface area contributed by atoms with E-state index in [9.17, 15) is 0 Å². The Morgan fingerprint density at radius 1 is 1.10 bits per heavy atom. The number of ether oxygens (including phenoxy) is 1. The molecule has 0 saturated heterocycles. The molecule has 2 rings (SSSR count). The van der Waals surface area contributed by atoms with Crippen molar-refractivity contribution in [1.29, 1.82) is 5.26 Å². The molecular formula is C14H10Cl3N3O. The van der Waals surface area contributed by atoms with E-state index in [0.29, 0.717) is 10.7 Å². The van der Waals surface area contributed by atoms with Gasteiger partial charge in [0.1, 0.15) is 0 Å². The Morgan fingerprint density at radius 2 is 1.71 bits per heavy atom. The molecule has 108 valence electrons. The van der Waals surface area contributed by atoms with Crippen LogP contribution >= 0.6 is 34.8 Å². The third-order valence-electron chi connectivity index (χ3n) is 2.71. The third-order valence-corrected chi connectivity index (χ3v) is 3.56. The largest absolute Gasteiger partial charge is 0.434 e. The summed E-state index contributed by atoms with van der Waals surface area (Å²) >= 11 is 18.1. The molecule has 0 amide bonds. The minimum absolute atomic E-state index is 0.169. The maximum Gasteiger partial charge on any atom is 0.239 e. The lowest BCUT2D eigenvalue weighted by atomic mass is 10.1. The predicted octanol–water partition coefficient (Wildman–Crippen LogP) is 5.22. The second kappa shape index (κ2) is 6.48. The van der Waals surface area contributed by atoms with Crippen molar-refractivity contribution in [3.8, 4) is 17.7 Å². The molecule has 0 saturated carbocycles. The molecule has 0 fully saturated rings. The monoisotopic (exact) mass is 341 g/mol. The van der Waals surface area contributed by atoms with Gasteiger partial charge in [0.25, 0.3) is 0 Å². The summed E-state index contributed by atoms with van der Waals surface area (Å²) in [6, 6.07) is 6.58. The molecule has 2 aromatic rings. The fourth-order valence-corrected chi connectivity index (χ4v) is 2.53. The van der Waals surface area contributed by atoms with E-state index < -0.39 is 0 Å². The highest BCUT2D eigenvalue weighted by molar-refractivity contribution is 6.37. The Kier molecular flexibility index (Phi) is 4.89. The predicted molar refractivity (Wildman–Crippen MR) is 82.4 cm³/mol. The first-order valence-corrected chi connectivity index (χ1v) is 7.16. The minimum atomic E-state index is 0.169. The van der Waals surface area contributed by atoms with Crippen LogP contribution in [0, 0.1) is 11.3 Å². The summed E-state index contributed by atoms with van der Waals surface area (Å²) in [5, 5.41) is 17.3. The molecular weight excluding hydrogens is 333 g/mol. The standard InChI is InChI=1S/C14H10Cl3N3O/c1-7(2)9-5-12(19-20-14(9)17)21-13-10(15)3-8(6-18)4-11(13)16/h3-5,7H,1-2H3. The lowest BCUT2D eigenvalue weighted by Crippen LogP contribution is -1.98. The second-order valence-electron chi connectivity index (χ2n) is 4.57. The van der Waals surface area contributed by atoms with Crippen molar-refractivity contribution in [3.63, 3.8) is 0 Å². The first kappa shape index (κ1) is 15.8. The molecule has 1 aromatic carbocycles. The highest BCUT2D eigenvalue weighted by Gasteiger charge is 2.14. The zero-order valence-corrected chi connectivity index (χ0v) is 13.5. The van der Waals surface area contributed by atoms with E-state index in [1.807, 2.05) is 19.9 Å². The Morgan fingerprint density at radius 3 is 2.24 bits per heavy atom. The lowest BCUT2D eigenvalue weighted by molar-refractivity contribution is 0.454. The van der Waals surface area contributed by atoms with Crippen LogP contribution in [0.25, 0.3) is 0 Å². The van der Waals surface area contributed by atoms with E-state index in [1.54, 1.807) is 6.07 Å². The molecule has 1 heterocycles. The molecule has 0 atom stereocenters. The highest BCUT2D eigenvalue weighted by atomic mass is 35.5. The maximum absolute atomic E-state index is 8.85. The number of aromatic nitrogens is 2. The average Bonchev–Trinajstić information content (AvgIpc) is 2.43. The van der Waals surface area contributed by atoms with E-state index in [4.69, 9.17) is 44.8 Å². The quantitative estimate of drug-likeness (QED) is 0.767. The van der Waals surface area contributed by atoms with Gasteiger partial charge < -0.3 is 4.74 Å². The minimum Gasteiger partial charge on any atom is -0.434 e. The number of nitrogens with zero attached hydrogens (tertiary/aromatic N) is 3. The first-order chi connectivity index (χ1) is 9.92. The molecule has 7 heteroatoms. The van der Waals surface area contributed by atoms with Crippen LogP contribution in [0.15, 0.2) is 18.2 Å². The summed E-state index contributed by atoms with van der Waals surface area (Å²) in [6.07, 6.45) is 0. The summed E-state index contributed by atoms with van der Waals surface area (Å²) in [4.78, 5) is 0. The average molecular weight is 343 g/mol. The molecule has 0 aliphatic rings. The van der Waals surface area contributed by atoms with Crippen LogP contribution in [-0.4, -0.2) is 10.2 Å². The van der Waals surface area contributed by atoms with Crippen LogP contribution in [0.2, 0.25) is 15.2 Å². The van der Waals surface area contributed by atoms with E-state index in [2.05, 4.69) is 10.2 Å². The normalized spacial score (nSPS) is 10.5. The van der Waals surface area contributed by atoms with Crippen molar-refractivity contribution in [2.75, 3.05) is 0 Å². The van der Waals surface area contributed by atoms with Crippen molar-refractivity contribution in [2.24, 2.45) is 0 Å². The Balaban J connectivity index is 2.39. The van der Waals surface area contributed by atoms with Gasteiger partial charge in [-0.1, -0.05) is 48.7 Å². The fraction of sp³-hybridized carbons (Fsp3) is 0.214. The number of benzene rings is 1. The van der Waals surface area contributed by atoms with Crippen molar-refractivity contribution in [1.82, 2.24) is 10.2 Å². The van der Waals surface area contributed by atoms with Gasteiger partial charge in [-0.3, -0.25) is 0 Å². The first-order valence-electron chi connectivity index (χ1n) is 6.02. The zero-order chi connectivity index (χ0) is 15.6. The molecule has 0 unspecified atom stereocenters. The Bertz CT molecular complexity index is 703. The van der Waals surface area contributed by atoms with Crippen molar-refractivity contribution in [2.45, 2.75) is 19.8 Å². The lowest BCUT2D eigenvalue weighted by Gasteiger charge is -2.11. The number of halogens is 3. The highest BCUT2D eigenvalue weighted by Crippen LogP contribution is 2.37. The van der Waals surface area contributed by atoms with Crippen LogP contribution in [0.4, 0.5) is 0 Å². The Hall–Kier alpha value is -1.54. The van der Waals surface area contributed by atoms with Gasteiger partial charge in [-0.2, -0.15) is 5.26 Å². The van der Waals surface area contributed by atoms with Crippen molar-refractivity contribution >= 4 is 34.8 Å². The van der Waals surface area contributed by atoms with Gasteiger partial charge in [0.15, 0.2) is 10.9 Å². The van der Waals surface area contributed by atoms with Crippen LogP contribution < -0.4 is 4.74 Å². The van der Waals surface area contributed by atoms with Gasteiger partial charge in [-0.25, -0.2) is 0 Å². The second-order valence-corrected chi connectivity index (χ2v) is 5.74. The molecule has 4 nitrogen and oxygen atoms in total. The Labute approximate surface area is 137 Å². The van der Waals surface area contributed by atoms with E-state index in [1.165, 1.54) is 12.1 Å². The fourth-order valence-electron chi connectivity index (χ4n) is 1.65. The summed E-state index contributed by atoms with van der Waals surface area (Å²) in [6.45, 7) is 3.96. The van der Waals surface area contributed by atoms with Crippen LogP contribution in [-0.2, 0) is 0 Å². The van der Waals surface area contributed by atoms with Crippen molar-refractivity contribution in [3.05, 3.63) is 44.5 Å². The number of hydrogen-bond donors (Lipinski definition) is 0. The maximum atomic E-state index is 8.85. The number of nitriles is 1. The smallest absolute Gasteiger partial charge is 0.239 e. The SMILES string of the molecule is CC(C)c1cc(Oc2c(Cl)cc(C#N)cc2Cl)nnc1Cl. The number of hydrogen-bond acceptors (Lipinski definition) is 4. The molecule has 0 spiro atoms. The third kappa shape index (κ3) is 3.56. The van der Waals surface area contributed by atoms with Gasteiger partial charge in [-0.15, -0.1) is 10.2 Å².